The molecule has 11 heavy (non-hydrogen) atoms. The number of hydrogen-bond donors (Lipinski definition) is 1. The van der Waals surface area contributed by atoms with Crippen LogP contribution in [-0.2, 0) is 4.52 Å². The second-order valence-corrected chi connectivity index (χ2v) is 8.96. The number of aliphatic hydroxyl groups is 1. The minimum atomic E-state index is -0.638. The monoisotopic (exact) mass is 278 g/mol. The fourth-order valence-corrected chi connectivity index (χ4v) is 1.65. The highest BCUT2D eigenvalue weighted by Gasteiger charge is 2.17. The van der Waals surface area contributed by atoms with Gasteiger partial charge >= 0.3 is 0 Å². The Morgan fingerprint density at radius 3 is 2.55 bits per heavy atom. The van der Waals surface area contributed by atoms with Crippen LogP contribution in [0.3, 0.4) is 0 Å². The average molecular weight is 279 g/mol. The average Bonchev–Trinajstić information content (AvgIpc) is 1.87. The molecule has 1 N–H and O–H groups in total. The lowest BCUT2D eigenvalue weighted by Crippen LogP contribution is -2.27. The van der Waals surface area contributed by atoms with E-state index in [0.29, 0.717) is 18.4 Å². The van der Waals surface area contributed by atoms with Crippen molar-refractivity contribution in [1.29, 1.82) is 0 Å². The van der Waals surface area contributed by atoms with E-state index in [4.69, 9.17) is 4.52 Å². The molecule has 0 aromatic rings. The minimum Gasteiger partial charge on any atom is -0.389 e. The Bertz CT molecular complexity index is 110. The normalized spacial score (nSPS) is 16.9. The standard InChI is InChI=1S/C5H14BrO2P3/c1-5(7,4-6)2-3-8-11(9)10/h7H,2-4,9-10H2,1H3. The van der Waals surface area contributed by atoms with Crippen LogP contribution in [-0.4, -0.2) is 22.6 Å². The van der Waals surface area contributed by atoms with Gasteiger partial charge in [-0.15, -0.1) is 0 Å². The van der Waals surface area contributed by atoms with Crippen LogP contribution in [0.15, 0.2) is 0 Å². The van der Waals surface area contributed by atoms with Gasteiger partial charge in [-0.2, -0.15) is 0 Å². The van der Waals surface area contributed by atoms with E-state index >= 15 is 0 Å². The molecule has 0 spiro atoms. The smallest absolute Gasteiger partial charge is 0.0738 e. The van der Waals surface area contributed by atoms with Crippen molar-refractivity contribution in [3.05, 3.63) is 0 Å². The molecule has 0 aromatic heterocycles. The number of hydrogen-bond acceptors (Lipinski definition) is 2. The Morgan fingerprint density at radius 2 is 2.18 bits per heavy atom. The van der Waals surface area contributed by atoms with Crippen molar-refractivity contribution in [3.63, 3.8) is 0 Å². The van der Waals surface area contributed by atoms with Gasteiger partial charge in [0.25, 0.3) is 0 Å². The summed E-state index contributed by atoms with van der Waals surface area (Å²) in [6.45, 7) is 2.40. The Kier molecular flexibility index (Phi) is 7.14. The third-order valence-corrected chi connectivity index (χ3v) is 3.75. The highest BCUT2D eigenvalue weighted by atomic mass is 79.9. The third kappa shape index (κ3) is 8.03. The molecule has 0 saturated heterocycles. The molecule has 0 aliphatic rings. The molecule has 68 valence electrons. The van der Waals surface area contributed by atoms with Crippen molar-refractivity contribution in [1.82, 2.24) is 0 Å². The highest BCUT2D eigenvalue weighted by Crippen LogP contribution is 2.53. The van der Waals surface area contributed by atoms with E-state index in [1.807, 2.05) is 0 Å². The van der Waals surface area contributed by atoms with Crippen molar-refractivity contribution in [2.75, 3.05) is 11.9 Å². The molecule has 0 aliphatic carbocycles. The molecular weight excluding hydrogens is 265 g/mol. The number of alkyl halides is 1. The summed E-state index contributed by atoms with van der Waals surface area (Å²) in [5.74, 6) is 0. The van der Waals surface area contributed by atoms with Crippen LogP contribution in [0.5, 0.6) is 0 Å². The molecule has 0 aliphatic heterocycles. The number of halogens is 1. The Labute approximate surface area is 82.0 Å². The maximum absolute atomic E-state index is 9.50. The van der Waals surface area contributed by atoms with E-state index in [2.05, 4.69) is 33.8 Å². The van der Waals surface area contributed by atoms with Gasteiger partial charge in [-0.3, -0.25) is 0 Å². The summed E-state index contributed by atoms with van der Waals surface area (Å²) in [4.78, 5) is 0. The molecule has 0 aromatic carbocycles. The molecule has 2 nitrogen and oxygen atoms in total. The van der Waals surface area contributed by atoms with E-state index in [0.717, 1.165) is 0 Å². The van der Waals surface area contributed by atoms with Gasteiger partial charge in [-0.25, -0.2) is 0 Å². The van der Waals surface area contributed by atoms with E-state index in [1.165, 1.54) is 0 Å². The zero-order valence-electron chi connectivity index (χ0n) is 6.46. The summed E-state index contributed by atoms with van der Waals surface area (Å²) < 4.78 is 5.29. The molecule has 0 fully saturated rings. The van der Waals surface area contributed by atoms with Gasteiger partial charge in [0.1, 0.15) is 0 Å². The zero-order valence-corrected chi connectivity index (χ0v) is 11.2. The molecular formula is C5H14BrO2P3. The van der Waals surface area contributed by atoms with Gasteiger partial charge in [0.2, 0.25) is 0 Å². The van der Waals surface area contributed by atoms with Gasteiger partial charge in [0.15, 0.2) is 0 Å². The van der Waals surface area contributed by atoms with Crippen molar-refractivity contribution in [2.45, 2.75) is 18.9 Å². The zero-order chi connectivity index (χ0) is 8.91. The minimum absolute atomic E-state index is 0.452. The molecule has 3 unspecified atom stereocenters. The maximum Gasteiger partial charge on any atom is 0.0738 e. The maximum atomic E-state index is 9.50. The lowest BCUT2D eigenvalue weighted by atomic mass is 10.1. The Hall–Kier alpha value is 1.69. The fourth-order valence-electron chi connectivity index (χ4n) is 0.438. The lowest BCUT2D eigenvalue weighted by Gasteiger charge is -2.20. The predicted molar refractivity (Wildman–Crippen MR) is 61.3 cm³/mol. The van der Waals surface area contributed by atoms with Crippen LogP contribution < -0.4 is 0 Å². The molecule has 0 rings (SSSR count). The molecule has 0 bridgehead atoms. The quantitative estimate of drug-likeness (QED) is 0.619. The van der Waals surface area contributed by atoms with Crippen LogP contribution >= 0.6 is 41.3 Å². The highest BCUT2D eigenvalue weighted by molar-refractivity contribution is 9.09. The Balaban J connectivity index is 3.38. The topological polar surface area (TPSA) is 29.5 Å². The van der Waals surface area contributed by atoms with Crippen LogP contribution in [0.25, 0.3) is 0 Å². The summed E-state index contributed by atoms with van der Waals surface area (Å²) >= 11 is 3.23. The van der Waals surface area contributed by atoms with Crippen LogP contribution in [0.4, 0.5) is 0 Å². The first-order valence-electron chi connectivity index (χ1n) is 3.19. The first-order chi connectivity index (χ1) is 4.98. The van der Waals surface area contributed by atoms with Crippen molar-refractivity contribution in [2.24, 2.45) is 0 Å². The largest absolute Gasteiger partial charge is 0.389 e. The fraction of sp³-hybridized carbons (Fsp3) is 1.00. The summed E-state index contributed by atoms with van der Waals surface area (Å²) in [6.07, 6.45) is 0.667. The molecule has 6 heteroatoms. The molecule has 0 amide bonds. The molecule has 0 heterocycles. The Morgan fingerprint density at radius 1 is 1.64 bits per heavy atom. The van der Waals surface area contributed by atoms with Crippen LogP contribution in [0.2, 0.25) is 0 Å². The predicted octanol–water partition coefficient (Wildman–Crippen LogP) is 2.52. The van der Waals surface area contributed by atoms with Gasteiger partial charge in [-0.1, -0.05) is 33.8 Å². The lowest BCUT2D eigenvalue weighted by molar-refractivity contribution is 0.0637. The molecule has 0 saturated carbocycles. The number of rotatable bonds is 5. The van der Waals surface area contributed by atoms with Crippen LogP contribution in [0.1, 0.15) is 13.3 Å². The van der Waals surface area contributed by atoms with Crippen molar-refractivity contribution in [3.8, 4) is 0 Å². The SMILES string of the molecule is CC(O)(CBr)CCOP(P)P. The first-order valence-corrected chi connectivity index (χ1v) is 8.80. The summed E-state index contributed by atoms with van der Waals surface area (Å²) in [5.41, 5.74) is -0.638. The third-order valence-electron chi connectivity index (χ3n) is 1.17. The van der Waals surface area contributed by atoms with Crippen molar-refractivity contribution >= 4 is 41.3 Å². The first kappa shape index (κ1) is 12.7. The van der Waals surface area contributed by atoms with Gasteiger partial charge in [0, 0.05) is 11.8 Å². The van der Waals surface area contributed by atoms with Crippen molar-refractivity contribution < 1.29 is 9.63 Å². The second kappa shape index (κ2) is 6.19. The van der Waals surface area contributed by atoms with E-state index in [9.17, 15) is 5.11 Å². The summed E-state index contributed by atoms with van der Waals surface area (Å²) in [6, 6.07) is 0. The van der Waals surface area contributed by atoms with Crippen LogP contribution in [0, 0.1) is 0 Å². The van der Waals surface area contributed by atoms with E-state index in [-0.39, 0.29) is 0 Å². The second-order valence-electron chi connectivity index (χ2n) is 2.57. The van der Waals surface area contributed by atoms with Gasteiger partial charge in [-0.05, 0) is 6.92 Å². The molecule has 3 atom stereocenters. The molecule has 0 radical (unpaired) electrons. The van der Waals surface area contributed by atoms with E-state index in [1.54, 1.807) is 6.92 Å². The summed E-state index contributed by atoms with van der Waals surface area (Å²) in [7, 11) is 4.70. The van der Waals surface area contributed by atoms with Gasteiger partial charge < -0.3 is 9.63 Å². The van der Waals surface area contributed by atoms with E-state index < -0.39 is 13.1 Å². The van der Waals surface area contributed by atoms with Gasteiger partial charge in [0.05, 0.1) is 19.7 Å². The summed E-state index contributed by atoms with van der Waals surface area (Å²) in [5, 5.41) is 10.1.